The molecule has 0 unspecified atom stereocenters. The lowest BCUT2D eigenvalue weighted by molar-refractivity contribution is 0.613. The number of hydrogen-bond donors (Lipinski definition) is 0. The summed E-state index contributed by atoms with van der Waals surface area (Å²) in [7, 11) is 0. The highest BCUT2D eigenvalue weighted by molar-refractivity contribution is 6.31. The van der Waals surface area contributed by atoms with E-state index in [0.717, 1.165) is 11.3 Å². The number of rotatable bonds is 2. The molecule has 0 saturated heterocycles. The van der Waals surface area contributed by atoms with Gasteiger partial charge in [0.25, 0.3) is 0 Å². The van der Waals surface area contributed by atoms with Crippen molar-refractivity contribution in [1.29, 1.82) is 0 Å². The van der Waals surface area contributed by atoms with E-state index in [4.69, 9.17) is 23.2 Å². The van der Waals surface area contributed by atoms with Crippen molar-refractivity contribution in [3.05, 3.63) is 63.3 Å². The molecule has 102 valence electrons. The van der Waals surface area contributed by atoms with Crippen LogP contribution in [0.5, 0.6) is 0 Å². The van der Waals surface area contributed by atoms with Crippen LogP contribution < -0.4 is 0 Å². The molecule has 0 saturated carbocycles. The molecule has 0 fully saturated rings. The van der Waals surface area contributed by atoms with Gasteiger partial charge >= 0.3 is 0 Å². The molecular formula is C14H10Cl2FN3. The average molecular weight is 310 g/mol. The molecule has 3 aromatic rings. The van der Waals surface area contributed by atoms with Crippen LogP contribution in [0.15, 0.2) is 30.5 Å². The minimum absolute atomic E-state index is 0.277. The van der Waals surface area contributed by atoms with Gasteiger partial charge < -0.3 is 0 Å². The van der Waals surface area contributed by atoms with Crippen LogP contribution in [0, 0.1) is 12.7 Å². The van der Waals surface area contributed by atoms with Crippen LogP contribution in [0.2, 0.25) is 10.2 Å². The van der Waals surface area contributed by atoms with Crippen LogP contribution in [0.3, 0.4) is 0 Å². The van der Waals surface area contributed by atoms with E-state index >= 15 is 0 Å². The fraction of sp³-hybridized carbons (Fsp3) is 0.143. The molecule has 0 aliphatic rings. The van der Waals surface area contributed by atoms with Gasteiger partial charge in [-0.2, -0.15) is 5.10 Å². The van der Waals surface area contributed by atoms with Gasteiger partial charge in [0, 0.05) is 34.3 Å². The van der Waals surface area contributed by atoms with Gasteiger partial charge in [-0.1, -0.05) is 29.3 Å². The zero-order chi connectivity index (χ0) is 14.3. The second kappa shape index (κ2) is 5.04. The molecule has 3 nitrogen and oxygen atoms in total. The SMILES string of the molecule is Cc1nc2ccnn2c(Cl)c1Cc1c(F)cccc1Cl. The molecule has 0 N–H and O–H groups in total. The second-order valence-corrected chi connectivity index (χ2v) is 5.21. The summed E-state index contributed by atoms with van der Waals surface area (Å²) in [5.41, 5.74) is 2.53. The first kappa shape index (κ1) is 13.3. The van der Waals surface area contributed by atoms with E-state index in [0.29, 0.717) is 21.4 Å². The first-order valence-corrected chi connectivity index (χ1v) is 6.75. The number of hydrogen-bond acceptors (Lipinski definition) is 2. The Hall–Kier alpha value is -1.65. The summed E-state index contributed by atoms with van der Waals surface area (Å²) in [6.07, 6.45) is 1.90. The van der Waals surface area contributed by atoms with Gasteiger partial charge in [0.05, 0.1) is 6.20 Å². The Kier molecular flexibility index (Phi) is 3.36. The van der Waals surface area contributed by atoms with Crippen LogP contribution in [0.4, 0.5) is 4.39 Å². The minimum Gasteiger partial charge on any atom is -0.233 e. The summed E-state index contributed by atoms with van der Waals surface area (Å²) in [5, 5.41) is 4.91. The van der Waals surface area contributed by atoms with Crippen molar-refractivity contribution in [2.45, 2.75) is 13.3 Å². The Morgan fingerprint density at radius 2 is 2.00 bits per heavy atom. The normalized spacial score (nSPS) is 11.2. The molecule has 2 heterocycles. The first-order valence-electron chi connectivity index (χ1n) is 5.99. The third kappa shape index (κ3) is 2.15. The molecule has 0 bridgehead atoms. The lowest BCUT2D eigenvalue weighted by Gasteiger charge is -2.11. The summed E-state index contributed by atoms with van der Waals surface area (Å²) >= 11 is 12.4. The maximum atomic E-state index is 13.9. The maximum Gasteiger partial charge on any atom is 0.156 e. The Balaban J connectivity index is 2.15. The molecule has 0 radical (unpaired) electrons. The third-order valence-electron chi connectivity index (χ3n) is 3.19. The fourth-order valence-corrected chi connectivity index (χ4v) is 2.69. The average Bonchev–Trinajstić information content (AvgIpc) is 2.85. The van der Waals surface area contributed by atoms with Gasteiger partial charge in [-0.3, -0.25) is 0 Å². The second-order valence-electron chi connectivity index (χ2n) is 4.44. The molecule has 0 aliphatic carbocycles. The molecule has 20 heavy (non-hydrogen) atoms. The Labute approximate surface area is 125 Å². The fourth-order valence-electron chi connectivity index (χ4n) is 2.13. The zero-order valence-corrected chi connectivity index (χ0v) is 12.1. The molecule has 6 heteroatoms. The van der Waals surface area contributed by atoms with E-state index in [1.54, 1.807) is 24.4 Å². The van der Waals surface area contributed by atoms with E-state index in [9.17, 15) is 4.39 Å². The first-order chi connectivity index (χ1) is 9.58. The van der Waals surface area contributed by atoms with Crippen molar-refractivity contribution in [3.8, 4) is 0 Å². The van der Waals surface area contributed by atoms with Crippen molar-refractivity contribution in [2.24, 2.45) is 0 Å². The van der Waals surface area contributed by atoms with Crippen molar-refractivity contribution < 1.29 is 4.39 Å². The summed E-state index contributed by atoms with van der Waals surface area (Å²) in [6, 6.07) is 6.37. The molecule has 2 aromatic heterocycles. The summed E-state index contributed by atoms with van der Waals surface area (Å²) in [5.74, 6) is -0.353. The van der Waals surface area contributed by atoms with Crippen LogP contribution >= 0.6 is 23.2 Å². The van der Waals surface area contributed by atoms with Crippen LogP contribution in [0.25, 0.3) is 5.65 Å². The van der Waals surface area contributed by atoms with E-state index < -0.39 is 0 Å². The molecular weight excluding hydrogens is 300 g/mol. The van der Waals surface area contributed by atoms with Crippen LogP contribution in [-0.4, -0.2) is 14.6 Å². The smallest absolute Gasteiger partial charge is 0.156 e. The lowest BCUT2D eigenvalue weighted by Crippen LogP contribution is -2.04. The Bertz CT molecular complexity index is 778. The van der Waals surface area contributed by atoms with E-state index in [1.807, 2.05) is 6.92 Å². The van der Waals surface area contributed by atoms with E-state index in [2.05, 4.69) is 10.1 Å². The highest BCUT2D eigenvalue weighted by Crippen LogP contribution is 2.27. The third-order valence-corrected chi connectivity index (χ3v) is 3.93. The van der Waals surface area contributed by atoms with Crippen molar-refractivity contribution in [1.82, 2.24) is 14.6 Å². The number of aryl methyl sites for hydroxylation is 1. The van der Waals surface area contributed by atoms with Gasteiger partial charge in [-0.05, 0) is 19.1 Å². The standard InChI is InChI=1S/C14H10Cl2FN3/c1-8-9(7-10-11(15)3-2-4-12(10)17)14(16)20-13(19-8)5-6-18-20/h2-6H,7H2,1H3. The van der Waals surface area contributed by atoms with Gasteiger partial charge in [0.2, 0.25) is 0 Å². The number of aromatic nitrogens is 3. The van der Waals surface area contributed by atoms with Crippen molar-refractivity contribution in [2.75, 3.05) is 0 Å². The van der Waals surface area contributed by atoms with Gasteiger partial charge in [-0.15, -0.1) is 0 Å². The largest absolute Gasteiger partial charge is 0.233 e. The highest BCUT2D eigenvalue weighted by atomic mass is 35.5. The summed E-state index contributed by atoms with van der Waals surface area (Å²) in [4.78, 5) is 4.40. The number of halogens is 3. The monoisotopic (exact) mass is 309 g/mol. The quantitative estimate of drug-likeness (QED) is 0.668. The zero-order valence-electron chi connectivity index (χ0n) is 10.6. The van der Waals surface area contributed by atoms with Gasteiger partial charge in [0.1, 0.15) is 11.0 Å². The van der Waals surface area contributed by atoms with E-state index in [1.165, 1.54) is 10.6 Å². The number of benzene rings is 1. The van der Waals surface area contributed by atoms with Crippen LogP contribution in [-0.2, 0) is 6.42 Å². The lowest BCUT2D eigenvalue weighted by atomic mass is 10.0. The minimum atomic E-state index is -0.353. The number of nitrogens with zero attached hydrogens (tertiary/aromatic N) is 3. The predicted molar refractivity (Wildman–Crippen MR) is 77.0 cm³/mol. The van der Waals surface area contributed by atoms with E-state index in [-0.39, 0.29) is 12.2 Å². The summed E-state index contributed by atoms with van der Waals surface area (Å²) < 4.78 is 15.4. The number of fused-ring (bicyclic) bond motifs is 1. The van der Waals surface area contributed by atoms with Gasteiger partial charge in [0.15, 0.2) is 5.65 Å². The Morgan fingerprint density at radius 1 is 1.20 bits per heavy atom. The highest BCUT2D eigenvalue weighted by Gasteiger charge is 2.15. The Morgan fingerprint density at radius 3 is 2.75 bits per heavy atom. The maximum absolute atomic E-state index is 13.9. The molecule has 0 aliphatic heterocycles. The molecule has 0 atom stereocenters. The predicted octanol–water partition coefficient (Wildman–Crippen LogP) is 4.07. The molecule has 0 amide bonds. The molecule has 3 rings (SSSR count). The van der Waals surface area contributed by atoms with Crippen molar-refractivity contribution in [3.63, 3.8) is 0 Å². The van der Waals surface area contributed by atoms with Crippen LogP contribution in [0.1, 0.15) is 16.8 Å². The summed E-state index contributed by atoms with van der Waals surface area (Å²) in [6.45, 7) is 1.84. The molecule has 0 spiro atoms. The topological polar surface area (TPSA) is 30.2 Å². The van der Waals surface area contributed by atoms with Crippen molar-refractivity contribution >= 4 is 28.8 Å². The molecule has 1 aromatic carbocycles. The van der Waals surface area contributed by atoms with Gasteiger partial charge in [-0.25, -0.2) is 13.9 Å².